The van der Waals surface area contributed by atoms with E-state index in [4.69, 9.17) is 27.9 Å². The summed E-state index contributed by atoms with van der Waals surface area (Å²) in [6.45, 7) is 8.41. The number of nitrogens with zero attached hydrogens (tertiary/aromatic N) is 5. The zero-order valence-electron chi connectivity index (χ0n) is 14.3. The van der Waals surface area contributed by atoms with E-state index in [1.165, 1.54) is 0 Å². The van der Waals surface area contributed by atoms with Gasteiger partial charge in [-0.05, 0) is 23.6 Å². The second kappa shape index (κ2) is 8.58. The van der Waals surface area contributed by atoms with Crippen LogP contribution in [-0.4, -0.2) is 46.1 Å². The van der Waals surface area contributed by atoms with Crippen LogP contribution in [0, 0.1) is 5.92 Å². The van der Waals surface area contributed by atoms with Gasteiger partial charge in [0.05, 0.1) is 13.2 Å². The molecule has 25 heavy (non-hydrogen) atoms. The fraction of sp³-hybridized carbons (Fsp3) is 0.562. The van der Waals surface area contributed by atoms with Crippen molar-refractivity contribution in [2.75, 3.05) is 31.2 Å². The lowest BCUT2D eigenvalue weighted by molar-refractivity contribution is 0.121. The average molecular weight is 402 g/mol. The van der Waals surface area contributed by atoms with Crippen LogP contribution in [0.15, 0.2) is 17.3 Å². The third-order valence-electron chi connectivity index (χ3n) is 3.73. The fourth-order valence-corrected chi connectivity index (χ4v) is 4.03. The predicted octanol–water partition coefficient (Wildman–Crippen LogP) is 3.76. The summed E-state index contributed by atoms with van der Waals surface area (Å²) in [5.41, 5.74) is 1.02. The standard InChI is InChI=1S/C16H21Cl2N5OS/c1-11(2)9-23-15(22-3-5-24-6-4-22)20-21-16(23)25-10-12-7-13(17)19-14(18)8-12/h7-8,11H,3-6,9-10H2,1-2H3. The normalized spacial score (nSPS) is 15.2. The highest BCUT2D eigenvalue weighted by atomic mass is 35.5. The maximum absolute atomic E-state index is 5.98. The fourth-order valence-electron chi connectivity index (χ4n) is 2.66. The molecule has 0 aliphatic carbocycles. The summed E-state index contributed by atoms with van der Waals surface area (Å²) < 4.78 is 7.64. The highest BCUT2D eigenvalue weighted by molar-refractivity contribution is 7.98. The van der Waals surface area contributed by atoms with Gasteiger partial charge in [-0.15, -0.1) is 10.2 Å². The van der Waals surface area contributed by atoms with Crippen LogP contribution >= 0.6 is 35.0 Å². The Bertz CT molecular complexity index is 698. The van der Waals surface area contributed by atoms with E-state index in [0.29, 0.717) is 22.0 Å². The van der Waals surface area contributed by atoms with Crippen molar-refractivity contribution >= 4 is 40.9 Å². The molecule has 3 rings (SSSR count). The molecule has 0 radical (unpaired) electrons. The van der Waals surface area contributed by atoms with Crippen LogP contribution in [0.25, 0.3) is 0 Å². The highest BCUT2D eigenvalue weighted by Gasteiger charge is 2.21. The minimum Gasteiger partial charge on any atom is -0.378 e. The van der Waals surface area contributed by atoms with Crippen LogP contribution in [0.4, 0.5) is 5.95 Å². The van der Waals surface area contributed by atoms with Crippen molar-refractivity contribution in [3.05, 3.63) is 28.0 Å². The van der Waals surface area contributed by atoms with Gasteiger partial charge in [-0.3, -0.25) is 4.57 Å². The Hall–Kier alpha value is -1.02. The topological polar surface area (TPSA) is 56.1 Å². The Kier molecular flexibility index (Phi) is 6.44. The predicted molar refractivity (Wildman–Crippen MR) is 102 cm³/mol. The summed E-state index contributed by atoms with van der Waals surface area (Å²) in [6, 6.07) is 3.65. The summed E-state index contributed by atoms with van der Waals surface area (Å²) in [5, 5.41) is 10.6. The molecule has 2 aromatic rings. The van der Waals surface area contributed by atoms with Crippen molar-refractivity contribution in [2.24, 2.45) is 5.92 Å². The molecule has 136 valence electrons. The summed E-state index contributed by atoms with van der Waals surface area (Å²) >= 11 is 13.6. The molecule has 9 heteroatoms. The maximum Gasteiger partial charge on any atom is 0.228 e. The zero-order valence-corrected chi connectivity index (χ0v) is 16.6. The monoisotopic (exact) mass is 401 g/mol. The number of rotatable bonds is 6. The van der Waals surface area contributed by atoms with Gasteiger partial charge in [-0.25, -0.2) is 4.98 Å². The quantitative estimate of drug-likeness (QED) is 0.542. The van der Waals surface area contributed by atoms with Gasteiger partial charge in [0.2, 0.25) is 5.95 Å². The Balaban J connectivity index is 1.78. The van der Waals surface area contributed by atoms with Crippen molar-refractivity contribution in [3.63, 3.8) is 0 Å². The first-order valence-corrected chi connectivity index (χ1v) is 9.97. The van der Waals surface area contributed by atoms with Gasteiger partial charge in [-0.1, -0.05) is 48.8 Å². The van der Waals surface area contributed by atoms with E-state index in [1.54, 1.807) is 11.8 Å². The molecule has 0 unspecified atom stereocenters. The first-order chi connectivity index (χ1) is 12.0. The molecule has 1 saturated heterocycles. The molecule has 0 atom stereocenters. The number of pyridine rings is 1. The molecule has 1 aliphatic rings. The molecule has 0 saturated carbocycles. The van der Waals surface area contributed by atoms with Crippen LogP contribution in [0.3, 0.4) is 0 Å². The van der Waals surface area contributed by atoms with Crippen molar-refractivity contribution in [1.29, 1.82) is 0 Å². The number of aromatic nitrogens is 4. The highest BCUT2D eigenvalue weighted by Crippen LogP contribution is 2.28. The minimum atomic E-state index is 0.403. The van der Waals surface area contributed by atoms with Gasteiger partial charge in [0.25, 0.3) is 0 Å². The van der Waals surface area contributed by atoms with Crippen molar-refractivity contribution < 1.29 is 4.74 Å². The van der Waals surface area contributed by atoms with Crippen LogP contribution in [0.2, 0.25) is 10.3 Å². The van der Waals surface area contributed by atoms with Crippen LogP contribution in [0.5, 0.6) is 0 Å². The number of anilines is 1. The van der Waals surface area contributed by atoms with E-state index >= 15 is 0 Å². The van der Waals surface area contributed by atoms with Crippen molar-refractivity contribution in [2.45, 2.75) is 31.3 Å². The Labute approximate surface area is 161 Å². The van der Waals surface area contributed by atoms with Gasteiger partial charge in [-0.2, -0.15) is 0 Å². The van der Waals surface area contributed by atoms with Gasteiger partial charge in [0.1, 0.15) is 10.3 Å². The average Bonchev–Trinajstić information content (AvgIpc) is 2.95. The van der Waals surface area contributed by atoms with Gasteiger partial charge in [0.15, 0.2) is 5.16 Å². The number of ether oxygens (including phenoxy) is 1. The lowest BCUT2D eigenvalue weighted by Gasteiger charge is -2.28. The van der Waals surface area contributed by atoms with E-state index in [2.05, 4.69) is 38.5 Å². The third kappa shape index (κ3) is 5.00. The number of morpholine rings is 1. The second-order valence-corrected chi connectivity index (χ2v) is 8.01. The van der Waals surface area contributed by atoms with Crippen molar-refractivity contribution in [3.8, 4) is 0 Å². The van der Waals surface area contributed by atoms with Gasteiger partial charge < -0.3 is 9.64 Å². The lowest BCUT2D eigenvalue weighted by Crippen LogP contribution is -2.38. The molecule has 6 nitrogen and oxygen atoms in total. The number of hydrogen-bond acceptors (Lipinski definition) is 6. The Morgan fingerprint density at radius 2 is 1.84 bits per heavy atom. The summed E-state index contributed by atoms with van der Waals surface area (Å²) in [6.07, 6.45) is 0. The van der Waals surface area contributed by atoms with Crippen LogP contribution in [-0.2, 0) is 17.0 Å². The zero-order chi connectivity index (χ0) is 17.8. The summed E-state index contributed by atoms with van der Waals surface area (Å²) in [5.74, 6) is 2.13. The smallest absolute Gasteiger partial charge is 0.228 e. The van der Waals surface area contributed by atoms with E-state index < -0.39 is 0 Å². The lowest BCUT2D eigenvalue weighted by atomic mass is 10.2. The Morgan fingerprint density at radius 3 is 2.48 bits per heavy atom. The van der Waals surface area contributed by atoms with Crippen LogP contribution in [0.1, 0.15) is 19.4 Å². The molecule has 1 aliphatic heterocycles. The molecule has 0 amide bonds. The first kappa shape index (κ1) is 18.8. The summed E-state index contributed by atoms with van der Waals surface area (Å²) in [7, 11) is 0. The molecular weight excluding hydrogens is 381 g/mol. The molecule has 0 aromatic carbocycles. The molecule has 0 N–H and O–H groups in total. The molecule has 0 spiro atoms. The number of halogens is 2. The third-order valence-corrected chi connectivity index (χ3v) is 5.15. The van der Waals surface area contributed by atoms with E-state index in [0.717, 1.165) is 49.5 Å². The molecule has 1 fully saturated rings. The molecule has 0 bridgehead atoms. The van der Waals surface area contributed by atoms with Gasteiger partial charge in [0, 0.05) is 25.4 Å². The summed E-state index contributed by atoms with van der Waals surface area (Å²) in [4.78, 5) is 6.22. The molecule has 2 aromatic heterocycles. The van der Waals surface area contributed by atoms with Crippen LogP contribution < -0.4 is 4.90 Å². The second-order valence-electron chi connectivity index (χ2n) is 6.30. The molecule has 3 heterocycles. The maximum atomic E-state index is 5.98. The number of thioether (sulfide) groups is 1. The molecular formula is C16H21Cl2N5OS. The van der Waals surface area contributed by atoms with E-state index in [-0.39, 0.29) is 0 Å². The minimum absolute atomic E-state index is 0.403. The Morgan fingerprint density at radius 1 is 1.16 bits per heavy atom. The van der Waals surface area contributed by atoms with Crippen molar-refractivity contribution in [1.82, 2.24) is 19.7 Å². The van der Waals surface area contributed by atoms with Gasteiger partial charge >= 0.3 is 0 Å². The van der Waals surface area contributed by atoms with E-state index in [1.807, 2.05) is 12.1 Å². The SMILES string of the molecule is CC(C)Cn1c(SCc2cc(Cl)nc(Cl)c2)nnc1N1CCOCC1. The number of hydrogen-bond donors (Lipinski definition) is 0. The first-order valence-electron chi connectivity index (χ1n) is 8.23. The largest absolute Gasteiger partial charge is 0.378 e. The van der Waals surface area contributed by atoms with E-state index in [9.17, 15) is 0 Å².